The molecule has 1 aliphatic rings. The van der Waals surface area contributed by atoms with E-state index in [2.05, 4.69) is 17.6 Å². The Kier molecular flexibility index (Phi) is 2.91. The van der Waals surface area contributed by atoms with Crippen LogP contribution in [0.2, 0.25) is 0 Å². The van der Waals surface area contributed by atoms with Crippen molar-refractivity contribution in [1.29, 1.82) is 5.26 Å². The first-order valence-corrected chi connectivity index (χ1v) is 5.51. The van der Waals surface area contributed by atoms with E-state index >= 15 is 0 Å². The fourth-order valence-electron chi connectivity index (χ4n) is 2.11. The molecule has 0 aromatic carbocycles. The van der Waals surface area contributed by atoms with Crippen LogP contribution in [0.25, 0.3) is 0 Å². The second-order valence-corrected chi connectivity index (χ2v) is 4.10. The van der Waals surface area contributed by atoms with Gasteiger partial charge in [-0.15, -0.1) is 6.58 Å². The maximum atomic E-state index is 9.12. The fourth-order valence-corrected chi connectivity index (χ4v) is 2.11. The van der Waals surface area contributed by atoms with Crippen LogP contribution in [0, 0.1) is 11.3 Å². The van der Waals surface area contributed by atoms with Crippen LogP contribution in [-0.4, -0.2) is 18.6 Å². The Balaban J connectivity index is 2.44. The molecule has 82 valence electrons. The number of likely N-dealkylation sites (N-methyl/N-ethyl adjacent to an activating group) is 1. The molecule has 0 aliphatic heterocycles. The smallest absolute Gasteiger partial charge is 0.146 e. The SMILES string of the molecule is C=CCN(C)c1nc2c(cc1C#N)CCC2. The Bertz CT molecular complexity index is 457. The lowest BCUT2D eigenvalue weighted by Crippen LogP contribution is -2.20. The van der Waals surface area contributed by atoms with Gasteiger partial charge in [-0.25, -0.2) is 4.98 Å². The predicted octanol–water partition coefficient (Wildman–Crippen LogP) is 2.06. The topological polar surface area (TPSA) is 39.9 Å². The Morgan fingerprint density at radius 2 is 2.44 bits per heavy atom. The van der Waals surface area contributed by atoms with Gasteiger partial charge in [0.25, 0.3) is 0 Å². The van der Waals surface area contributed by atoms with Gasteiger partial charge in [-0.3, -0.25) is 0 Å². The summed E-state index contributed by atoms with van der Waals surface area (Å²) in [6.45, 7) is 4.41. The normalized spacial score (nSPS) is 13.0. The molecule has 0 unspecified atom stereocenters. The molecular weight excluding hydrogens is 198 g/mol. The molecule has 1 heterocycles. The van der Waals surface area contributed by atoms with E-state index in [-0.39, 0.29) is 0 Å². The predicted molar refractivity (Wildman–Crippen MR) is 64.4 cm³/mol. The Morgan fingerprint density at radius 1 is 1.62 bits per heavy atom. The summed E-state index contributed by atoms with van der Waals surface area (Å²) in [5.74, 6) is 0.781. The molecule has 0 atom stereocenters. The quantitative estimate of drug-likeness (QED) is 0.721. The molecular formula is C13H15N3. The molecule has 3 nitrogen and oxygen atoms in total. The lowest BCUT2D eigenvalue weighted by atomic mass is 10.1. The second-order valence-electron chi connectivity index (χ2n) is 4.10. The maximum Gasteiger partial charge on any atom is 0.146 e. The number of rotatable bonds is 3. The third-order valence-electron chi connectivity index (χ3n) is 2.92. The molecule has 0 bridgehead atoms. The van der Waals surface area contributed by atoms with Crippen molar-refractivity contribution in [2.45, 2.75) is 19.3 Å². The molecule has 2 rings (SSSR count). The Morgan fingerprint density at radius 3 is 3.12 bits per heavy atom. The lowest BCUT2D eigenvalue weighted by molar-refractivity contribution is 0.894. The summed E-state index contributed by atoms with van der Waals surface area (Å²) in [6.07, 6.45) is 5.07. The second kappa shape index (κ2) is 4.36. The van der Waals surface area contributed by atoms with Crippen LogP contribution in [0.4, 0.5) is 5.82 Å². The van der Waals surface area contributed by atoms with Crippen molar-refractivity contribution in [3.8, 4) is 6.07 Å². The molecule has 3 heteroatoms. The first-order valence-electron chi connectivity index (χ1n) is 5.51. The van der Waals surface area contributed by atoms with E-state index in [1.165, 1.54) is 5.56 Å². The van der Waals surface area contributed by atoms with Gasteiger partial charge in [0, 0.05) is 19.3 Å². The third-order valence-corrected chi connectivity index (χ3v) is 2.92. The average molecular weight is 213 g/mol. The van der Waals surface area contributed by atoms with Gasteiger partial charge < -0.3 is 4.90 Å². The number of pyridine rings is 1. The van der Waals surface area contributed by atoms with Gasteiger partial charge in [0.15, 0.2) is 0 Å². The number of fused-ring (bicyclic) bond motifs is 1. The highest BCUT2D eigenvalue weighted by molar-refractivity contribution is 5.56. The van der Waals surface area contributed by atoms with Gasteiger partial charge in [-0.05, 0) is 30.9 Å². The van der Waals surface area contributed by atoms with Gasteiger partial charge in [0.1, 0.15) is 11.9 Å². The van der Waals surface area contributed by atoms with Gasteiger partial charge in [0.2, 0.25) is 0 Å². The molecule has 0 amide bonds. The summed E-state index contributed by atoms with van der Waals surface area (Å²) in [4.78, 5) is 6.56. The average Bonchev–Trinajstić information content (AvgIpc) is 2.74. The van der Waals surface area contributed by atoms with E-state index in [1.54, 1.807) is 0 Å². The Hall–Kier alpha value is -1.82. The zero-order chi connectivity index (χ0) is 11.5. The first kappa shape index (κ1) is 10.7. The molecule has 1 aromatic heterocycles. The fraction of sp³-hybridized carbons (Fsp3) is 0.385. The van der Waals surface area contributed by atoms with Crippen molar-refractivity contribution < 1.29 is 0 Å². The van der Waals surface area contributed by atoms with Gasteiger partial charge >= 0.3 is 0 Å². The van der Waals surface area contributed by atoms with E-state index in [0.717, 1.165) is 30.8 Å². The van der Waals surface area contributed by atoms with Crippen LogP contribution in [0.5, 0.6) is 0 Å². The van der Waals surface area contributed by atoms with E-state index in [4.69, 9.17) is 5.26 Å². The zero-order valence-electron chi connectivity index (χ0n) is 9.53. The highest BCUT2D eigenvalue weighted by atomic mass is 15.2. The number of aryl methyl sites for hydroxylation is 2. The lowest BCUT2D eigenvalue weighted by Gasteiger charge is -2.18. The standard InChI is InChI=1S/C13H15N3/c1-3-7-16(2)13-11(9-14)8-10-5-4-6-12(10)15-13/h3,8H,1,4-7H2,2H3. The molecule has 1 aliphatic carbocycles. The largest absolute Gasteiger partial charge is 0.355 e. The van der Waals surface area contributed by atoms with E-state index in [1.807, 2.05) is 24.1 Å². The van der Waals surface area contributed by atoms with Crippen LogP contribution in [-0.2, 0) is 12.8 Å². The zero-order valence-corrected chi connectivity index (χ0v) is 9.53. The Labute approximate surface area is 96.0 Å². The molecule has 0 spiro atoms. The number of nitrogens with zero attached hydrogens (tertiary/aromatic N) is 3. The number of hydrogen-bond acceptors (Lipinski definition) is 3. The van der Waals surface area contributed by atoms with Crippen LogP contribution < -0.4 is 4.90 Å². The molecule has 0 N–H and O–H groups in total. The van der Waals surface area contributed by atoms with Gasteiger partial charge in [0.05, 0.1) is 5.56 Å². The van der Waals surface area contributed by atoms with Crippen molar-refractivity contribution in [3.63, 3.8) is 0 Å². The summed E-state index contributed by atoms with van der Waals surface area (Å²) < 4.78 is 0. The molecule has 0 saturated heterocycles. The maximum absolute atomic E-state index is 9.12. The van der Waals surface area contributed by atoms with Crippen molar-refractivity contribution in [2.75, 3.05) is 18.5 Å². The van der Waals surface area contributed by atoms with Gasteiger partial charge in [-0.2, -0.15) is 5.26 Å². The van der Waals surface area contributed by atoms with Crippen molar-refractivity contribution in [2.24, 2.45) is 0 Å². The summed E-state index contributed by atoms with van der Waals surface area (Å²) in [6, 6.07) is 4.22. The molecule has 0 saturated carbocycles. The van der Waals surface area contributed by atoms with Crippen molar-refractivity contribution in [1.82, 2.24) is 4.98 Å². The van der Waals surface area contributed by atoms with E-state index in [9.17, 15) is 0 Å². The highest BCUT2D eigenvalue weighted by Gasteiger charge is 2.17. The van der Waals surface area contributed by atoms with Crippen LogP contribution >= 0.6 is 0 Å². The summed E-state index contributed by atoms with van der Waals surface area (Å²) in [5, 5.41) is 9.12. The van der Waals surface area contributed by atoms with Crippen LogP contribution in [0.15, 0.2) is 18.7 Å². The minimum Gasteiger partial charge on any atom is -0.355 e. The minimum absolute atomic E-state index is 0.671. The molecule has 1 aromatic rings. The monoisotopic (exact) mass is 213 g/mol. The number of nitriles is 1. The van der Waals surface area contributed by atoms with E-state index in [0.29, 0.717) is 12.1 Å². The first-order chi connectivity index (χ1) is 7.76. The minimum atomic E-state index is 0.671. The summed E-state index contributed by atoms with van der Waals surface area (Å²) in [7, 11) is 1.94. The molecule has 0 radical (unpaired) electrons. The molecule has 0 fully saturated rings. The number of aromatic nitrogens is 1. The summed E-state index contributed by atoms with van der Waals surface area (Å²) in [5.41, 5.74) is 3.07. The third kappa shape index (κ3) is 1.79. The van der Waals surface area contributed by atoms with Crippen molar-refractivity contribution in [3.05, 3.63) is 35.5 Å². The van der Waals surface area contributed by atoms with Crippen LogP contribution in [0.3, 0.4) is 0 Å². The molecule has 16 heavy (non-hydrogen) atoms. The summed E-state index contributed by atoms with van der Waals surface area (Å²) >= 11 is 0. The highest BCUT2D eigenvalue weighted by Crippen LogP contribution is 2.26. The van der Waals surface area contributed by atoms with Gasteiger partial charge in [-0.1, -0.05) is 6.08 Å². The van der Waals surface area contributed by atoms with Crippen molar-refractivity contribution >= 4 is 5.82 Å². The van der Waals surface area contributed by atoms with E-state index < -0.39 is 0 Å². The van der Waals surface area contributed by atoms with Crippen LogP contribution in [0.1, 0.15) is 23.2 Å². The number of anilines is 1. The number of hydrogen-bond donors (Lipinski definition) is 0.